The summed E-state index contributed by atoms with van der Waals surface area (Å²) in [4.78, 5) is -0.726. The van der Waals surface area contributed by atoms with Crippen molar-refractivity contribution in [2.24, 2.45) is 0 Å². The highest BCUT2D eigenvalue weighted by molar-refractivity contribution is 7.04. The highest BCUT2D eigenvalue weighted by Crippen LogP contribution is 2.31. The Morgan fingerprint density at radius 3 is 2.56 bits per heavy atom. The Labute approximate surface area is 66.2 Å². The van der Waals surface area contributed by atoms with Crippen molar-refractivity contribution in [1.82, 2.24) is 4.37 Å². The molecule has 0 aliphatic carbocycles. The minimum absolute atomic E-state index is 0.0648. The average molecular weight is 184 g/mol. The Morgan fingerprint density at radius 2 is 2.33 bits per heavy atom. The summed E-state index contributed by atoms with van der Waals surface area (Å²) < 4.78 is 3.74. The van der Waals surface area contributed by atoms with E-state index >= 15 is 0 Å². The summed E-state index contributed by atoms with van der Waals surface area (Å²) >= 11 is 11.9. The topological polar surface area (TPSA) is 33.1 Å². The Morgan fingerprint density at radius 1 is 1.67 bits per heavy atom. The quantitative estimate of drug-likeness (QED) is 0.679. The molecule has 0 fully saturated rings. The average Bonchev–Trinajstić information content (AvgIpc) is 2.13. The van der Waals surface area contributed by atoms with Crippen LogP contribution in [0.1, 0.15) is 10.5 Å². The molecule has 5 heteroatoms. The van der Waals surface area contributed by atoms with Crippen molar-refractivity contribution in [2.75, 3.05) is 0 Å². The first-order valence-corrected chi connectivity index (χ1v) is 3.84. The second-order valence-corrected chi connectivity index (χ2v) is 3.11. The van der Waals surface area contributed by atoms with Gasteiger partial charge >= 0.3 is 0 Å². The van der Waals surface area contributed by atoms with E-state index in [1.165, 1.54) is 5.38 Å². The zero-order valence-electron chi connectivity index (χ0n) is 4.21. The second kappa shape index (κ2) is 2.73. The summed E-state index contributed by atoms with van der Waals surface area (Å²) in [6.07, 6.45) is 0. The molecule has 0 spiro atoms. The summed E-state index contributed by atoms with van der Waals surface area (Å²) in [5.41, 5.74) is 0.336. The third-order valence-electron chi connectivity index (χ3n) is 0.785. The molecule has 0 aliphatic rings. The van der Waals surface area contributed by atoms with Crippen molar-refractivity contribution >= 4 is 34.7 Å². The van der Waals surface area contributed by atoms with Crippen LogP contribution in [0.3, 0.4) is 0 Å². The molecule has 0 aromatic carbocycles. The monoisotopic (exact) mass is 183 g/mol. The van der Waals surface area contributed by atoms with Crippen LogP contribution < -0.4 is 0 Å². The summed E-state index contributed by atoms with van der Waals surface area (Å²) in [6.45, 7) is 0. The van der Waals surface area contributed by atoms with E-state index in [1.807, 2.05) is 0 Å². The number of aromatic hydroxyl groups is 1. The smallest absolute Gasteiger partial charge is 0.154 e. The minimum Gasteiger partial charge on any atom is -0.505 e. The fourth-order valence-corrected chi connectivity index (χ4v) is 1.41. The highest BCUT2D eigenvalue weighted by atomic mass is 35.5. The molecule has 1 heterocycles. The predicted octanol–water partition coefficient (Wildman–Crippen LogP) is 2.32. The van der Waals surface area contributed by atoms with Crippen LogP contribution in [0, 0.1) is 0 Å². The summed E-state index contributed by atoms with van der Waals surface area (Å²) in [5.74, 6) is 0.0648. The van der Waals surface area contributed by atoms with Crippen LogP contribution in [0.4, 0.5) is 0 Å². The molecule has 0 unspecified atom stereocenters. The molecule has 0 saturated carbocycles. The summed E-state index contributed by atoms with van der Waals surface area (Å²) in [6, 6.07) is 0. The first kappa shape index (κ1) is 7.12. The van der Waals surface area contributed by atoms with Gasteiger partial charge in [0.1, 0.15) is 5.69 Å². The van der Waals surface area contributed by atoms with E-state index in [0.717, 1.165) is 11.5 Å². The molecular weight excluding hydrogens is 181 g/mol. The van der Waals surface area contributed by atoms with E-state index in [-0.39, 0.29) is 5.75 Å². The number of hydrogen-bond acceptors (Lipinski definition) is 3. The molecule has 0 bridgehead atoms. The number of halogens is 2. The zero-order valence-corrected chi connectivity index (χ0v) is 6.54. The normalized spacial score (nSPS) is 10.6. The van der Waals surface area contributed by atoms with E-state index in [4.69, 9.17) is 28.3 Å². The van der Waals surface area contributed by atoms with E-state index < -0.39 is 4.84 Å². The fraction of sp³-hybridized carbons (Fsp3) is 0.250. The lowest BCUT2D eigenvalue weighted by Crippen LogP contribution is -1.78. The maximum absolute atomic E-state index is 8.90. The largest absolute Gasteiger partial charge is 0.505 e. The lowest BCUT2D eigenvalue weighted by atomic mass is 10.4. The van der Waals surface area contributed by atoms with Gasteiger partial charge in [0.2, 0.25) is 0 Å². The molecule has 0 radical (unpaired) electrons. The van der Waals surface area contributed by atoms with Gasteiger partial charge in [0.05, 0.1) is 5.38 Å². The first-order chi connectivity index (χ1) is 4.22. The van der Waals surface area contributed by atoms with Gasteiger partial charge in [-0.1, -0.05) is 23.2 Å². The molecule has 0 saturated heterocycles. The molecule has 1 aromatic rings. The first-order valence-electron chi connectivity index (χ1n) is 2.13. The molecule has 1 rings (SSSR count). The van der Waals surface area contributed by atoms with E-state index in [0.29, 0.717) is 5.69 Å². The third kappa shape index (κ3) is 1.47. The van der Waals surface area contributed by atoms with Gasteiger partial charge in [0.15, 0.2) is 10.6 Å². The van der Waals surface area contributed by atoms with E-state index in [2.05, 4.69) is 4.37 Å². The van der Waals surface area contributed by atoms with Crippen LogP contribution in [-0.2, 0) is 0 Å². The van der Waals surface area contributed by atoms with Gasteiger partial charge in [-0.25, -0.2) is 0 Å². The van der Waals surface area contributed by atoms with Crippen LogP contribution >= 0.6 is 34.7 Å². The molecule has 1 N–H and O–H groups in total. The number of hydrogen-bond donors (Lipinski definition) is 1. The molecule has 0 aliphatic heterocycles. The fourth-order valence-electron chi connectivity index (χ4n) is 0.392. The van der Waals surface area contributed by atoms with Gasteiger partial charge in [-0.05, 0) is 11.5 Å². The van der Waals surface area contributed by atoms with Gasteiger partial charge in [0.25, 0.3) is 0 Å². The Hall–Kier alpha value is 0.01000. The van der Waals surface area contributed by atoms with Crippen LogP contribution in [0.5, 0.6) is 5.75 Å². The second-order valence-electron chi connectivity index (χ2n) is 1.39. The molecule has 9 heavy (non-hydrogen) atoms. The highest BCUT2D eigenvalue weighted by Gasteiger charge is 2.10. The maximum Gasteiger partial charge on any atom is 0.154 e. The van der Waals surface area contributed by atoms with Crippen molar-refractivity contribution in [1.29, 1.82) is 0 Å². The molecule has 2 nitrogen and oxygen atoms in total. The Balaban J connectivity index is 2.94. The molecule has 0 amide bonds. The van der Waals surface area contributed by atoms with Gasteiger partial charge in [-0.15, -0.1) is 0 Å². The zero-order chi connectivity index (χ0) is 6.85. The number of nitrogens with zero attached hydrogens (tertiary/aromatic N) is 1. The Bertz CT molecular complexity index is 200. The summed E-state index contributed by atoms with van der Waals surface area (Å²) in [7, 11) is 0. The van der Waals surface area contributed by atoms with Crippen molar-refractivity contribution < 1.29 is 5.11 Å². The van der Waals surface area contributed by atoms with Crippen molar-refractivity contribution in [3.05, 3.63) is 11.1 Å². The van der Waals surface area contributed by atoms with Crippen molar-refractivity contribution in [2.45, 2.75) is 4.84 Å². The van der Waals surface area contributed by atoms with E-state index in [9.17, 15) is 0 Å². The van der Waals surface area contributed by atoms with Gasteiger partial charge in [-0.3, -0.25) is 0 Å². The van der Waals surface area contributed by atoms with Crippen LogP contribution in [0.15, 0.2) is 5.38 Å². The predicted molar refractivity (Wildman–Crippen MR) is 38.2 cm³/mol. The number of alkyl halides is 2. The van der Waals surface area contributed by atoms with Gasteiger partial charge < -0.3 is 5.11 Å². The standard InChI is InChI=1S/C4H3Cl2NOS/c5-4(6)3-2(8)1-9-7-3/h1,4,8H. The molecule has 1 aromatic heterocycles. The van der Waals surface area contributed by atoms with Gasteiger partial charge in [-0.2, -0.15) is 4.37 Å². The van der Waals surface area contributed by atoms with Crippen LogP contribution in [-0.4, -0.2) is 9.48 Å². The van der Waals surface area contributed by atoms with E-state index in [1.54, 1.807) is 0 Å². The van der Waals surface area contributed by atoms with Crippen LogP contribution in [0.2, 0.25) is 0 Å². The number of rotatable bonds is 1. The van der Waals surface area contributed by atoms with Crippen molar-refractivity contribution in [3.8, 4) is 5.75 Å². The summed E-state index contributed by atoms with van der Waals surface area (Å²) in [5, 5.41) is 10.4. The van der Waals surface area contributed by atoms with Gasteiger partial charge in [0, 0.05) is 0 Å². The molecule has 50 valence electrons. The molecule has 0 atom stereocenters. The lowest BCUT2D eigenvalue weighted by Gasteiger charge is -1.92. The third-order valence-corrected chi connectivity index (χ3v) is 1.83. The number of aromatic nitrogens is 1. The maximum atomic E-state index is 8.90. The van der Waals surface area contributed by atoms with Crippen molar-refractivity contribution in [3.63, 3.8) is 0 Å². The SMILES string of the molecule is Oc1csnc1C(Cl)Cl. The Kier molecular flexibility index (Phi) is 2.16. The molecular formula is C4H3Cl2NOS. The van der Waals surface area contributed by atoms with Crippen LogP contribution in [0.25, 0.3) is 0 Å². The minimum atomic E-state index is -0.726. The lowest BCUT2D eigenvalue weighted by molar-refractivity contribution is 0.471.